The zero-order valence-corrected chi connectivity index (χ0v) is 11.2. The molecule has 1 aromatic heterocycles. The number of aliphatic hydroxyl groups is 3. The predicted octanol–water partition coefficient (Wildman–Crippen LogP) is -0.296. The molecule has 3 rings (SSSR count). The van der Waals surface area contributed by atoms with E-state index in [0.717, 1.165) is 5.39 Å². The summed E-state index contributed by atoms with van der Waals surface area (Å²) in [6.07, 6.45) is -6.80. The van der Waals surface area contributed by atoms with Crippen LogP contribution in [-0.2, 0) is 9.53 Å². The number of furan rings is 1. The smallest absolute Gasteiger partial charge is 0.335 e. The largest absolute Gasteiger partial charge is 0.479 e. The van der Waals surface area contributed by atoms with Crippen LogP contribution >= 0.6 is 0 Å². The van der Waals surface area contributed by atoms with Gasteiger partial charge < -0.3 is 34.3 Å². The minimum Gasteiger partial charge on any atom is -0.479 e. The van der Waals surface area contributed by atoms with Gasteiger partial charge in [-0.2, -0.15) is 0 Å². The fourth-order valence-corrected chi connectivity index (χ4v) is 2.33. The van der Waals surface area contributed by atoms with Gasteiger partial charge in [-0.05, 0) is 12.1 Å². The minimum absolute atomic E-state index is 0.222. The van der Waals surface area contributed by atoms with Gasteiger partial charge in [0.05, 0.1) is 6.26 Å². The first-order valence-electron chi connectivity index (χ1n) is 6.54. The molecule has 8 nitrogen and oxygen atoms in total. The van der Waals surface area contributed by atoms with Crippen molar-refractivity contribution in [1.29, 1.82) is 0 Å². The Morgan fingerprint density at radius 1 is 1.09 bits per heavy atom. The highest BCUT2D eigenvalue weighted by Gasteiger charge is 2.48. The van der Waals surface area contributed by atoms with Crippen molar-refractivity contribution < 1.29 is 39.1 Å². The number of carboxylic acid groups (broad SMARTS) is 1. The van der Waals surface area contributed by atoms with Crippen molar-refractivity contribution in [3.8, 4) is 5.75 Å². The van der Waals surface area contributed by atoms with E-state index >= 15 is 0 Å². The molecule has 0 spiro atoms. The molecule has 0 amide bonds. The zero-order chi connectivity index (χ0) is 15.9. The molecular weight excluding hydrogens is 296 g/mol. The Morgan fingerprint density at radius 3 is 2.59 bits per heavy atom. The van der Waals surface area contributed by atoms with Crippen molar-refractivity contribution in [2.24, 2.45) is 0 Å². The SMILES string of the molecule is O=C(O)[C@@H]1OC(Oc2cccc3ccoc23)[C@@H](O)[C@H](O)[C@H]1O. The van der Waals surface area contributed by atoms with Gasteiger partial charge in [0.2, 0.25) is 6.29 Å². The Hall–Kier alpha value is -2.13. The Bertz CT molecular complexity index is 680. The molecule has 118 valence electrons. The molecule has 22 heavy (non-hydrogen) atoms. The molecule has 2 heterocycles. The molecule has 0 bridgehead atoms. The minimum atomic E-state index is -1.76. The Balaban J connectivity index is 1.87. The van der Waals surface area contributed by atoms with Crippen LogP contribution in [0.5, 0.6) is 5.75 Å². The standard InChI is InChI=1S/C14H14O8/c15-8-9(16)12(13(18)19)22-14(10(8)17)21-7-3-1-2-6-4-5-20-11(6)7/h1-5,8-10,12,14-17H,(H,18,19)/t8-,9-,10+,12-,14?/m1/s1. The van der Waals surface area contributed by atoms with Gasteiger partial charge in [-0.25, -0.2) is 4.79 Å². The van der Waals surface area contributed by atoms with Crippen molar-refractivity contribution in [2.45, 2.75) is 30.7 Å². The highest BCUT2D eigenvalue weighted by atomic mass is 16.7. The first-order chi connectivity index (χ1) is 10.5. The van der Waals surface area contributed by atoms with E-state index in [1.165, 1.54) is 6.26 Å². The Labute approximate surface area is 124 Å². The number of benzene rings is 1. The summed E-state index contributed by atoms with van der Waals surface area (Å²) in [5.74, 6) is -1.25. The number of ether oxygens (including phenoxy) is 2. The summed E-state index contributed by atoms with van der Waals surface area (Å²) in [7, 11) is 0. The number of carbonyl (C=O) groups is 1. The van der Waals surface area contributed by atoms with Crippen LogP contribution in [0.25, 0.3) is 11.0 Å². The Kier molecular flexibility index (Phi) is 3.75. The molecule has 1 aliphatic heterocycles. The van der Waals surface area contributed by atoms with Gasteiger partial charge in [-0.3, -0.25) is 0 Å². The lowest BCUT2D eigenvalue weighted by Crippen LogP contribution is -2.61. The van der Waals surface area contributed by atoms with E-state index in [2.05, 4.69) is 0 Å². The van der Waals surface area contributed by atoms with Crippen LogP contribution in [0.2, 0.25) is 0 Å². The van der Waals surface area contributed by atoms with E-state index in [1.54, 1.807) is 24.3 Å². The van der Waals surface area contributed by atoms with Gasteiger partial charge in [0.25, 0.3) is 0 Å². The summed E-state index contributed by atoms with van der Waals surface area (Å²) in [6.45, 7) is 0. The quantitative estimate of drug-likeness (QED) is 0.608. The van der Waals surface area contributed by atoms with Gasteiger partial charge in [-0.1, -0.05) is 12.1 Å². The maximum absolute atomic E-state index is 11.0. The lowest BCUT2D eigenvalue weighted by Gasteiger charge is -2.38. The number of aliphatic hydroxyl groups excluding tert-OH is 3. The lowest BCUT2D eigenvalue weighted by molar-refractivity contribution is -0.271. The number of para-hydroxylation sites is 1. The summed E-state index contributed by atoms with van der Waals surface area (Å²) in [5, 5.41) is 39.0. The van der Waals surface area contributed by atoms with E-state index in [4.69, 9.17) is 19.0 Å². The molecule has 0 aliphatic carbocycles. The number of rotatable bonds is 3. The molecule has 5 atom stereocenters. The maximum atomic E-state index is 11.0. The van der Waals surface area contributed by atoms with Crippen LogP contribution in [-0.4, -0.2) is 57.1 Å². The normalized spacial score (nSPS) is 32.0. The van der Waals surface area contributed by atoms with E-state index in [1.807, 2.05) is 0 Å². The molecular formula is C14H14O8. The monoisotopic (exact) mass is 310 g/mol. The molecule has 1 aromatic carbocycles. The molecule has 1 saturated heterocycles. The molecule has 0 saturated carbocycles. The lowest BCUT2D eigenvalue weighted by atomic mass is 9.99. The van der Waals surface area contributed by atoms with Gasteiger partial charge in [0.15, 0.2) is 17.4 Å². The van der Waals surface area contributed by atoms with Crippen LogP contribution in [0.15, 0.2) is 34.9 Å². The second-order valence-electron chi connectivity index (χ2n) is 4.95. The molecule has 4 N–H and O–H groups in total. The average Bonchev–Trinajstić information content (AvgIpc) is 2.97. The van der Waals surface area contributed by atoms with E-state index in [0.29, 0.717) is 5.58 Å². The third-order valence-electron chi connectivity index (χ3n) is 3.50. The first-order valence-corrected chi connectivity index (χ1v) is 6.54. The number of carboxylic acids is 1. The fourth-order valence-electron chi connectivity index (χ4n) is 2.33. The third-order valence-corrected chi connectivity index (χ3v) is 3.50. The van der Waals surface area contributed by atoms with E-state index < -0.39 is 36.7 Å². The van der Waals surface area contributed by atoms with Crippen molar-refractivity contribution >= 4 is 16.9 Å². The third kappa shape index (κ3) is 2.42. The van der Waals surface area contributed by atoms with Crippen molar-refractivity contribution in [1.82, 2.24) is 0 Å². The maximum Gasteiger partial charge on any atom is 0.335 e. The van der Waals surface area contributed by atoms with E-state index in [-0.39, 0.29) is 5.75 Å². The molecule has 1 fully saturated rings. The summed E-state index contributed by atoms with van der Waals surface area (Å²) in [5.41, 5.74) is 0.394. The average molecular weight is 310 g/mol. The molecule has 2 aromatic rings. The highest BCUT2D eigenvalue weighted by Crippen LogP contribution is 2.30. The van der Waals surface area contributed by atoms with Gasteiger partial charge in [-0.15, -0.1) is 0 Å². The summed E-state index contributed by atoms with van der Waals surface area (Å²) >= 11 is 0. The van der Waals surface area contributed by atoms with Crippen LogP contribution in [0.4, 0.5) is 0 Å². The van der Waals surface area contributed by atoms with Gasteiger partial charge in [0.1, 0.15) is 18.3 Å². The van der Waals surface area contributed by atoms with Crippen LogP contribution in [0.3, 0.4) is 0 Å². The van der Waals surface area contributed by atoms with Crippen molar-refractivity contribution in [3.63, 3.8) is 0 Å². The number of fused-ring (bicyclic) bond motifs is 1. The predicted molar refractivity (Wildman–Crippen MR) is 71.2 cm³/mol. The summed E-state index contributed by atoms with van der Waals surface area (Å²) < 4.78 is 15.7. The van der Waals surface area contributed by atoms with Crippen LogP contribution < -0.4 is 4.74 Å². The van der Waals surface area contributed by atoms with Crippen molar-refractivity contribution in [2.75, 3.05) is 0 Å². The van der Waals surface area contributed by atoms with E-state index in [9.17, 15) is 20.1 Å². The fraction of sp³-hybridized carbons (Fsp3) is 0.357. The number of hydrogen-bond acceptors (Lipinski definition) is 7. The van der Waals surface area contributed by atoms with Crippen LogP contribution in [0.1, 0.15) is 0 Å². The summed E-state index contributed by atoms with van der Waals surface area (Å²) in [4.78, 5) is 11.0. The summed E-state index contributed by atoms with van der Waals surface area (Å²) in [6, 6.07) is 6.72. The van der Waals surface area contributed by atoms with Gasteiger partial charge in [0, 0.05) is 5.39 Å². The topological polar surface area (TPSA) is 130 Å². The second kappa shape index (κ2) is 5.58. The molecule has 8 heteroatoms. The second-order valence-corrected chi connectivity index (χ2v) is 4.95. The number of hydrogen-bond donors (Lipinski definition) is 4. The zero-order valence-electron chi connectivity index (χ0n) is 11.2. The Morgan fingerprint density at radius 2 is 1.86 bits per heavy atom. The van der Waals surface area contributed by atoms with Crippen LogP contribution in [0, 0.1) is 0 Å². The molecule has 1 aliphatic rings. The van der Waals surface area contributed by atoms with Gasteiger partial charge >= 0.3 is 5.97 Å². The highest BCUT2D eigenvalue weighted by molar-refractivity contribution is 5.82. The molecule has 0 radical (unpaired) electrons. The number of aliphatic carboxylic acids is 1. The van der Waals surface area contributed by atoms with Crippen molar-refractivity contribution in [3.05, 3.63) is 30.5 Å². The molecule has 1 unspecified atom stereocenters. The first kappa shape index (κ1) is 14.8.